The molecule has 6 heteroatoms. The molecule has 0 spiro atoms. The highest BCUT2D eigenvalue weighted by molar-refractivity contribution is 7.06. The molecule has 0 amide bonds. The average molecular weight is 212 g/mol. The molecule has 76 valence electrons. The number of aliphatic imine (C=N–C) groups is 1. The first-order valence-electron chi connectivity index (χ1n) is 4.25. The molecule has 2 heterocycles. The molecule has 0 aliphatic carbocycles. The Labute approximate surface area is 86.4 Å². The predicted octanol–water partition coefficient (Wildman–Crippen LogP) is 0.453. The number of aromatic nitrogens is 1. The molecule has 1 aliphatic rings. The van der Waals surface area contributed by atoms with Gasteiger partial charge in [0.25, 0.3) is 0 Å². The standard InChI is InChI=1S/C8H12N4OS/c1-12-5(4-10-8(12)9)6-3-7(13-2)11-14-6/h3,5H,4H2,1-2H3,(H2,9,10). The minimum absolute atomic E-state index is 0.219. The van der Waals surface area contributed by atoms with Crippen LogP contribution in [0, 0.1) is 0 Å². The molecule has 1 aromatic rings. The summed E-state index contributed by atoms with van der Waals surface area (Å²) in [7, 11) is 3.55. The number of hydrogen-bond donors (Lipinski definition) is 1. The fourth-order valence-electron chi connectivity index (χ4n) is 1.38. The van der Waals surface area contributed by atoms with Crippen LogP contribution in [-0.4, -0.2) is 35.9 Å². The summed E-state index contributed by atoms with van der Waals surface area (Å²) in [5.41, 5.74) is 5.67. The quantitative estimate of drug-likeness (QED) is 0.773. The summed E-state index contributed by atoms with van der Waals surface area (Å²) >= 11 is 1.43. The molecule has 2 rings (SSSR count). The van der Waals surface area contributed by atoms with Crippen LogP contribution in [0.15, 0.2) is 11.1 Å². The second-order valence-electron chi connectivity index (χ2n) is 3.10. The van der Waals surface area contributed by atoms with Gasteiger partial charge >= 0.3 is 0 Å². The number of methoxy groups -OCH3 is 1. The van der Waals surface area contributed by atoms with E-state index in [0.29, 0.717) is 18.4 Å². The largest absolute Gasteiger partial charge is 0.480 e. The Balaban J connectivity index is 2.17. The number of guanidine groups is 1. The highest BCUT2D eigenvalue weighted by Gasteiger charge is 2.25. The first kappa shape index (κ1) is 9.26. The maximum absolute atomic E-state index is 5.67. The number of rotatable bonds is 2. The maximum atomic E-state index is 5.67. The van der Waals surface area contributed by atoms with Crippen molar-refractivity contribution in [3.05, 3.63) is 10.9 Å². The molecule has 0 radical (unpaired) electrons. The van der Waals surface area contributed by atoms with E-state index in [9.17, 15) is 0 Å². The molecule has 2 N–H and O–H groups in total. The summed E-state index contributed by atoms with van der Waals surface area (Å²) in [5.74, 6) is 1.24. The zero-order chi connectivity index (χ0) is 10.1. The van der Waals surface area contributed by atoms with Crippen LogP contribution in [0.25, 0.3) is 0 Å². The van der Waals surface area contributed by atoms with Crippen molar-refractivity contribution < 1.29 is 4.74 Å². The van der Waals surface area contributed by atoms with E-state index in [1.807, 2.05) is 18.0 Å². The molecule has 14 heavy (non-hydrogen) atoms. The Morgan fingerprint density at radius 1 is 1.71 bits per heavy atom. The number of hydrogen-bond acceptors (Lipinski definition) is 6. The smallest absolute Gasteiger partial charge is 0.225 e. The van der Waals surface area contributed by atoms with Gasteiger partial charge in [-0.1, -0.05) is 0 Å². The Bertz CT molecular complexity index is 362. The van der Waals surface area contributed by atoms with Gasteiger partial charge in [-0.2, -0.15) is 4.37 Å². The van der Waals surface area contributed by atoms with Crippen LogP contribution in [0.1, 0.15) is 10.9 Å². The molecule has 0 bridgehead atoms. The van der Waals surface area contributed by atoms with Crippen molar-refractivity contribution in [3.8, 4) is 5.88 Å². The predicted molar refractivity (Wildman–Crippen MR) is 55.7 cm³/mol. The maximum Gasteiger partial charge on any atom is 0.225 e. The van der Waals surface area contributed by atoms with Crippen LogP contribution in [0.5, 0.6) is 5.88 Å². The third-order valence-electron chi connectivity index (χ3n) is 2.30. The van der Waals surface area contributed by atoms with Gasteiger partial charge in [0, 0.05) is 13.1 Å². The minimum atomic E-state index is 0.219. The van der Waals surface area contributed by atoms with E-state index in [1.165, 1.54) is 11.5 Å². The van der Waals surface area contributed by atoms with Gasteiger partial charge in [-0.3, -0.25) is 4.99 Å². The van der Waals surface area contributed by atoms with Gasteiger partial charge < -0.3 is 15.4 Å². The van der Waals surface area contributed by atoms with Gasteiger partial charge in [0.15, 0.2) is 5.96 Å². The highest BCUT2D eigenvalue weighted by Crippen LogP contribution is 2.29. The monoisotopic (exact) mass is 212 g/mol. The van der Waals surface area contributed by atoms with Gasteiger partial charge in [-0.15, -0.1) is 0 Å². The van der Waals surface area contributed by atoms with Crippen molar-refractivity contribution in [1.29, 1.82) is 0 Å². The summed E-state index contributed by atoms with van der Waals surface area (Å²) in [4.78, 5) is 7.25. The molecule has 1 aromatic heterocycles. The molecule has 0 fully saturated rings. The topological polar surface area (TPSA) is 63.7 Å². The van der Waals surface area contributed by atoms with Crippen molar-refractivity contribution in [2.24, 2.45) is 10.7 Å². The molecular weight excluding hydrogens is 200 g/mol. The summed E-state index contributed by atoms with van der Waals surface area (Å²) in [6, 6.07) is 2.15. The third kappa shape index (κ3) is 1.41. The van der Waals surface area contributed by atoms with Crippen molar-refractivity contribution in [1.82, 2.24) is 9.27 Å². The van der Waals surface area contributed by atoms with E-state index in [4.69, 9.17) is 10.5 Å². The lowest BCUT2D eigenvalue weighted by molar-refractivity contribution is 0.398. The van der Waals surface area contributed by atoms with Gasteiger partial charge in [-0.05, 0) is 11.5 Å². The summed E-state index contributed by atoms with van der Waals surface area (Å²) in [6.45, 7) is 0.702. The summed E-state index contributed by atoms with van der Waals surface area (Å²) in [5, 5.41) is 0. The van der Waals surface area contributed by atoms with Gasteiger partial charge in [0.05, 0.1) is 24.6 Å². The van der Waals surface area contributed by atoms with Gasteiger partial charge in [-0.25, -0.2) is 0 Å². The lowest BCUT2D eigenvalue weighted by Crippen LogP contribution is -2.31. The van der Waals surface area contributed by atoms with E-state index < -0.39 is 0 Å². The van der Waals surface area contributed by atoms with E-state index in [2.05, 4.69) is 9.37 Å². The lowest BCUT2D eigenvalue weighted by atomic mass is 10.2. The van der Waals surface area contributed by atoms with Crippen molar-refractivity contribution in [2.75, 3.05) is 20.7 Å². The molecule has 1 aliphatic heterocycles. The highest BCUT2D eigenvalue weighted by atomic mass is 32.1. The molecule has 1 atom stereocenters. The van der Waals surface area contributed by atoms with E-state index in [1.54, 1.807) is 7.11 Å². The fourth-order valence-corrected chi connectivity index (χ4v) is 2.21. The normalized spacial score (nSPS) is 21.1. The van der Waals surface area contributed by atoms with Crippen molar-refractivity contribution in [2.45, 2.75) is 6.04 Å². The number of nitrogens with zero attached hydrogens (tertiary/aromatic N) is 3. The van der Waals surface area contributed by atoms with E-state index in [0.717, 1.165) is 4.88 Å². The molecular formula is C8H12N4OS. The van der Waals surface area contributed by atoms with E-state index >= 15 is 0 Å². The molecule has 0 aromatic carbocycles. The number of ether oxygens (including phenoxy) is 1. The van der Waals surface area contributed by atoms with Gasteiger partial charge in [0.2, 0.25) is 5.88 Å². The summed E-state index contributed by atoms with van der Waals surface area (Å²) < 4.78 is 9.17. The Hall–Kier alpha value is -1.30. The first-order valence-corrected chi connectivity index (χ1v) is 5.03. The van der Waals surface area contributed by atoms with Crippen LogP contribution in [0.3, 0.4) is 0 Å². The Morgan fingerprint density at radius 3 is 3.00 bits per heavy atom. The Morgan fingerprint density at radius 2 is 2.50 bits per heavy atom. The van der Waals surface area contributed by atoms with Crippen LogP contribution in [-0.2, 0) is 0 Å². The fraction of sp³-hybridized carbons (Fsp3) is 0.500. The summed E-state index contributed by atoms with van der Waals surface area (Å²) in [6.07, 6.45) is 0. The molecule has 0 saturated heterocycles. The molecule has 1 unspecified atom stereocenters. The zero-order valence-corrected chi connectivity index (χ0v) is 8.91. The second kappa shape index (κ2) is 3.45. The average Bonchev–Trinajstić information content (AvgIpc) is 2.75. The minimum Gasteiger partial charge on any atom is -0.480 e. The van der Waals surface area contributed by atoms with E-state index in [-0.39, 0.29) is 6.04 Å². The second-order valence-corrected chi connectivity index (χ2v) is 3.93. The SMILES string of the molecule is COc1cc(C2CN=C(N)N2C)sn1. The first-order chi connectivity index (χ1) is 6.72. The number of nitrogens with two attached hydrogens (primary N) is 1. The van der Waals surface area contributed by atoms with Crippen LogP contribution in [0.2, 0.25) is 0 Å². The lowest BCUT2D eigenvalue weighted by Gasteiger charge is -2.18. The third-order valence-corrected chi connectivity index (χ3v) is 3.17. The van der Waals surface area contributed by atoms with Gasteiger partial charge in [0.1, 0.15) is 0 Å². The van der Waals surface area contributed by atoms with Crippen molar-refractivity contribution >= 4 is 17.5 Å². The van der Waals surface area contributed by atoms with Crippen LogP contribution in [0.4, 0.5) is 0 Å². The molecule has 5 nitrogen and oxygen atoms in total. The van der Waals surface area contributed by atoms with Crippen molar-refractivity contribution in [3.63, 3.8) is 0 Å². The van der Waals surface area contributed by atoms with Crippen LogP contribution < -0.4 is 10.5 Å². The number of likely N-dealkylation sites (N-methyl/N-ethyl adjacent to an activating group) is 1. The Kier molecular flexibility index (Phi) is 2.28. The molecule has 0 saturated carbocycles. The van der Waals surface area contributed by atoms with Crippen LogP contribution >= 0.6 is 11.5 Å². The zero-order valence-electron chi connectivity index (χ0n) is 8.10.